The Bertz CT molecular complexity index is 750. The Morgan fingerprint density at radius 1 is 1.44 bits per heavy atom. The van der Waals surface area contributed by atoms with Crippen molar-refractivity contribution in [1.29, 1.82) is 10.8 Å². The maximum absolute atomic E-state index is 8.04. The maximum Gasteiger partial charge on any atom is 0.0633 e. The first-order valence-electron chi connectivity index (χ1n) is 9.11. The number of aliphatic imine (C=N–C) groups is 1. The summed E-state index contributed by atoms with van der Waals surface area (Å²) in [5.41, 5.74) is 10.0. The van der Waals surface area contributed by atoms with Crippen LogP contribution in [0.15, 0.2) is 53.7 Å². The van der Waals surface area contributed by atoms with E-state index in [2.05, 4.69) is 43.2 Å². The van der Waals surface area contributed by atoms with Crippen LogP contribution in [0.3, 0.4) is 0 Å². The van der Waals surface area contributed by atoms with Gasteiger partial charge in [-0.15, -0.1) is 6.58 Å². The molecule has 2 atom stereocenters. The lowest BCUT2D eigenvalue weighted by atomic mass is 9.61. The smallest absolute Gasteiger partial charge is 0.0633 e. The van der Waals surface area contributed by atoms with E-state index in [1.165, 1.54) is 5.56 Å². The van der Waals surface area contributed by atoms with Crippen LogP contribution in [-0.2, 0) is 0 Å². The van der Waals surface area contributed by atoms with Gasteiger partial charge in [0, 0.05) is 36.0 Å². The van der Waals surface area contributed by atoms with Gasteiger partial charge in [-0.25, -0.2) is 0 Å². The van der Waals surface area contributed by atoms with E-state index >= 15 is 0 Å². The van der Waals surface area contributed by atoms with Gasteiger partial charge >= 0.3 is 0 Å². The minimum absolute atomic E-state index is 0.239. The lowest BCUT2D eigenvalue weighted by Gasteiger charge is -2.44. The third-order valence-electron chi connectivity index (χ3n) is 5.35. The van der Waals surface area contributed by atoms with E-state index in [9.17, 15) is 0 Å². The molecule has 5 nitrogen and oxygen atoms in total. The Labute approximate surface area is 167 Å². The van der Waals surface area contributed by atoms with E-state index in [4.69, 9.17) is 21.5 Å². The van der Waals surface area contributed by atoms with Gasteiger partial charge in [0.05, 0.1) is 5.69 Å². The number of nitrogens with two attached hydrogens (primary N) is 1. The molecule has 0 saturated heterocycles. The SMILES string of the molecule is C=CC1(CC(=N)C=N)CC(=CN)C(=Nc2ccc(C)cc2)CC1CCNS. The van der Waals surface area contributed by atoms with Gasteiger partial charge in [0.25, 0.3) is 0 Å². The van der Waals surface area contributed by atoms with Crippen LogP contribution in [0.5, 0.6) is 0 Å². The second-order valence-electron chi connectivity index (χ2n) is 7.14. The van der Waals surface area contributed by atoms with E-state index in [-0.39, 0.29) is 11.3 Å². The molecule has 27 heavy (non-hydrogen) atoms. The van der Waals surface area contributed by atoms with Crippen LogP contribution in [-0.4, -0.2) is 24.2 Å². The van der Waals surface area contributed by atoms with Crippen molar-refractivity contribution < 1.29 is 0 Å². The lowest BCUT2D eigenvalue weighted by Crippen LogP contribution is -2.40. The van der Waals surface area contributed by atoms with Crippen LogP contribution in [0, 0.1) is 29.1 Å². The summed E-state index contributed by atoms with van der Waals surface area (Å²) in [5.74, 6) is 0.239. The fraction of sp³-hybridized carbons (Fsp3) is 0.381. The number of benzene rings is 1. The topological polar surface area (TPSA) is 98.1 Å². The van der Waals surface area contributed by atoms with Crippen LogP contribution in [0.25, 0.3) is 0 Å². The molecule has 0 heterocycles. The molecule has 5 N–H and O–H groups in total. The zero-order valence-electron chi connectivity index (χ0n) is 15.8. The van der Waals surface area contributed by atoms with E-state index in [1.54, 1.807) is 6.20 Å². The Kier molecular flexibility index (Phi) is 7.56. The lowest BCUT2D eigenvalue weighted by molar-refractivity contribution is 0.219. The highest BCUT2D eigenvalue weighted by atomic mass is 32.1. The van der Waals surface area contributed by atoms with E-state index in [1.807, 2.05) is 18.2 Å². The Morgan fingerprint density at radius 3 is 2.70 bits per heavy atom. The summed E-state index contributed by atoms with van der Waals surface area (Å²) in [5, 5.41) is 15.5. The fourth-order valence-electron chi connectivity index (χ4n) is 3.77. The molecule has 1 saturated carbocycles. The summed E-state index contributed by atoms with van der Waals surface area (Å²) < 4.78 is 2.92. The number of allylic oxidation sites excluding steroid dienone is 2. The van der Waals surface area contributed by atoms with Crippen molar-refractivity contribution in [2.24, 2.45) is 22.1 Å². The molecular weight excluding hydrogens is 354 g/mol. The van der Waals surface area contributed by atoms with Gasteiger partial charge in [-0.2, -0.15) is 0 Å². The van der Waals surface area contributed by atoms with Crippen molar-refractivity contribution in [3.8, 4) is 0 Å². The van der Waals surface area contributed by atoms with Crippen LogP contribution >= 0.6 is 12.8 Å². The number of aryl methyl sites for hydroxylation is 1. The Morgan fingerprint density at radius 2 is 2.15 bits per heavy atom. The van der Waals surface area contributed by atoms with Gasteiger partial charge in [0.2, 0.25) is 0 Å². The molecule has 1 aromatic rings. The van der Waals surface area contributed by atoms with Gasteiger partial charge in [0.1, 0.15) is 0 Å². The summed E-state index contributed by atoms with van der Waals surface area (Å²) in [6.45, 7) is 6.88. The van der Waals surface area contributed by atoms with Crippen molar-refractivity contribution >= 4 is 36.1 Å². The number of nitrogens with zero attached hydrogens (tertiary/aromatic N) is 1. The quantitative estimate of drug-likeness (QED) is 0.262. The first-order chi connectivity index (χ1) is 13.0. The van der Waals surface area contributed by atoms with Crippen molar-refractivity contribution in [2.75, 3.05) is 6.54 Å². The fourth-order valence-corrected chi connectivity index (χ4v) is 3.90. The minimum atomic E-state index is -0.309. The molecule has 2 unspecified atom stereocenters. The molecule has 1 aliphatic rings. The summed E-state index contributed by atoms with van der Waals surface area (Å²) in [4.78, 5) is 4.86. The first kappa shape index (κ1) is 21.1. The Hall–Kier alpha value is -2.18. The second-order valence-corrected chi connectivity index (χ2v) is 7.46. The molecule has 0 amide bonds. The number of hydrogen-bond acceptors (Lipinski definition) is 6. The third-order valence-corrected chi connectivity index (χ3v) is 5.57. The summed E-state index contributed by atoms with van der Waals surface area (Å²) >= 11 is 4.13. The van der Waals surface area contributed by atoms with Crippen LogP contribution < -0.4 is 10.5 Å². The molecule has 2 rings (SSSR count). The predicted molar refractivity (Wildman–Crippen MR) is 119 cm³/mol. The van der Waals surface area contributed by atoms with Crippen molar-refractivity contribution in [3.05, 3.63) is 54.3 Å². The largest absolute Gasteiger partial charge is 0.404 e. The molecule has 0 bridgehead atoms. The Balaban J connectivity index is 2.41. The standard InChI is InChI=1S/C21H29N5S/c1-3-21(12-18(24)14-23)11-16(13-22)20(10-17(21)8-9-25-27)26-19-6-4-15(2)5-7-19/h3-7,13-14,17,23-25,27H,1,8-12,22H2,2H3. The molecule has 1 aliphatic carbocycles. The number of hydrogen-bond donors (Lipinski definition) is 5. The first-order valence-corrected chi connectivity index (χ1v) is 9.56. The highest BCUT2D eigenvalue weighted by Crippen LogP contribution is 2.48. The van der Waals surface area contributed by atoms with Gasteiger partial charge in [0.15, 0.2) is 0 Å². The average Bonchev–Trinajstić information content (AvgIpc) is 2.69. The van der Waals surface area contributed by atoms with E-state index in [0.29, 0.717) is 18.6 Å². The van der Waals surface area contributed by atoms with Crippen LogP contribution in [0.1, 0.15) is 31.2 Å². The van der Waals surface area contributed by atoms with Gasteiger partial charge in [-0.3, -0.25) is 9.71 Å². The third kappa shape index (κ3) is 5.17. The summed E-state index contributed by atoms with van der Waals surface area (Å²) in [6, 6.07) is 8.13. The molecule has 0 spiro atoms. The molecule has 0 aliphatic heterocycles. The molecule has 0 aromatic heterocycles. The predicted octanol–water partition coefficient (Wildman–Crippen LogP) is 4.38. The maximum atomic E-state index is 8.04. The highest BCUT2D eigenvalue weighted by Gasteiger charge is 2.42. The van der Waals surface area contributed by atoms with Crippen molar-refractivity contribution in [2.45, 2.75) is 32.6 Å². The van der Waals surface area contributed by atoms with Gasteiger partial charge < -0.3 is 16.6 Å². The highest BCUT2D eigenvalue weighted by molar-refractivity contribution is 7.78. The average molecular weight is 384 g/mol. The van der Waals surface area contributed by atoms with Gasteiger partial charge in [-0.05, 0) is 56.0 Å². The molecule has 6 heteroatoms. The number of thiol groups is 1. The second kappa shape index (κ2) is 9.67. The molecule has 1 aromatic carbocycles. The monoisotopic (exact) mass is 383 g/mol. The molecule has 0 radical (unpaired) electrons. The van der Waals surface area contributed by atoms with E-state index in [0.717, 1.165) is 42.6 Å². The molecule has 144 valence electrons. The number of nitrogens with one attached hydrogen (secondary N) is 3. The summed E-state index contributed by atoms with van der Waals surface area (Å²) in [7, 11) is 0. The zero-order valence-corrected chi connectivity index (χ0v) is 16.7. The normalized spacial score (nSPS) is 25.5. The minimum Gasteiger partial charge on any atom is -0.404 e. The van der Waals surface area contributed by atoms with Gasteiger partial charge in [-0.1, -0.05) is 36.6 Å². The van der Waals surface area contributed by atoms with E-state index < -0.39 is 0 Å². The number of rotatable bonds is 8. The zero-order chi connectivity index (χ0) is 19.9. The molecule has 1 fully saturated rings. The van der Waals surface area contributed by atoms with Crippen molar-refractivity contribution in [1.82, 2.24) is 4.72 Å². The summed E-state index contributed by atoms with van der Waals surface area (Å²) in [6.07, 6.45) is 7.47. The van der Waals surface area contributed by atoms with Crippen LogP contribution in [0.2, 0.25) is 0 Å². The molecular formula is C21H29N5S. The van der Waals surface area contributed by atoms with Crippen molar-refractivity contribution in [3.63, 3.8) is 0 Å². The van der Waals surface area contributed by atoms with Crippen LogP contribution in [0.4, 0.5) is 5.69 Å².